The zero-order valence-electron chi connectivity index (χ0n) is 12.4. The van der Waals surface area contributed by atoms with Gasteiger partial charge in [0.1, 0.15) is 5.58 Å². The predicted molar refractivity (Wildman–Crippen MR) is 86.6 cm³/mol. The van der Waals surface area contributed by atoms with E-state index in [9.17, 15) is 9.59 Å². The number of hydrogen-bond donors (Lipinski definition) is 0. The largest absolute Gasteiger partial charge is 0.422 e. The molecule has 23 heavy (non-hydrogen) atoms. The second-order valence-corrected chi connectivity index (χ2v) is 4.91. The van der Waals surface area contributed by atoms with Crippen molar-refractivity contribution in [2.75, 3.05) is 0 Å². The van der Waals surface area contributed by atoms with Gasteiger partial charge < -0.3 is 9.25 Å². The van der Waals surface area contributed by atoms with Crippen molar-refractivity contribution in [3.05, 3.63) is 82.2 Å². The SMILES string of the molecule is CC(=NOC(=O)c1ccccc1)c1cc2ccccc2oc1=O. The first-order valence-corrected chi connectivity index (χ1v) is 6.99. The van der Waals surface area contributed by atoms with Gasteiger partial charge in [-0.3, -0.25) is 0 Å². The molecule has 0 radical (unpaired) electrons. The third kappa shape index (κ3) is 3.18. The van der Waals surface area contributed by atoms with Gasteiger partial charge in [0.15, 0.2) is 0 Å². The molecule has 1 heterocycles. The van der Waals surface area contributed by atoms with Crippen LogP contribution in [0.5, 0.6) is 0 Å². The van der Waals surface area contributed by atoms with Crippen LogP contribution >= 0.6 is 0 Å². The summed E-state index contributed by atoms with van der Waals surface area (Å²) in [6, 6.07) is 17.3. The molecule has 0 aliphatic carbocycles. The minimum absolute atomic E-state index is 0.254. The first-order valence-electron chi connectivity index (χ1n) is 6.99. The highest BCUT2D eigenvalue weighted by Crippen LogP contribution is 2.13. The van der Waals surface area contributed by atoms with E-state index in [4.69, 9.17) is 9.25 Å². The molecule has 3 rings (SSSR count). The molecule has 0 aliphatic rings. The van der Waals surface area contributed by atoms with E-state index in [1.165, 1.54) is 0 Å². The molecular weight excluding hydrogens is 294 g/mol. The lowest BCUT2D eigenvalue weighted by Gasteiger charge is -2.02. The predicted octanol–water partition coefficient (Wildman–Crippen LogP) is 3.37. The van der Waals surface area contributed by atoms with Crippen LogP contribution in [0.2, 0.25) is 0 Å². The van der Waals surface area contributed by atoms with Crippen molar-refractivity contribution >= 4 is 22.7 Å². The van der Waals surface area contributed by atoms with Crippen LogP contribution < -0.4 is 5.63 Å². The van der Waals surface area contributed by atoms with Gasteiger partial charge in [-0.05, 0) is 31.2 Å². The Morgan fingerprint density at radius 3 is 2.52 bits per heavy atom. The van der Waals surface area contributed by atoms with Gasteiger partial charge in [0, 0.05) is 5.39 Å². The molecule has 0 fully saturated rings. The maximum absolute atomic E-state index is 12.0. The van der Waals surface area contributed by atoms with Gasteiger partial charge in [0.25, 0.3) is 0 Å². The molecule has 5 nitrogen and oxygen atoms in total. The van der Waals surface area contributed by atoms with E-state index in [-0.39, 0.29) is 11.3 Å². The summed E-state index contributed by atoms with van der Waals surface area (Å²) in [6.45, 7) is 1.58. The lowest BCUT2D eigenvalue weighted by atomic mass is 10.1. The van der Waals surface area contributed by atoms with Crippen LogP contribution in [-0.2, 0) is 4.84 Å². The van der Waals surface area contributed by atoms with Crippen LogP contribution in [0, 0.1) is 0 Å². The fourth-order valence-electron chi connectivity index (χ4n) is 2.10. The topological polar surface area (TPSA) is 68.9 Å². The summed E-state index contributed by atoms with van der Waals surface area (Å²) in [4.78, 5) is 28.7. The van der Waals surface area contributed by atoms with Gasteiger partial charge in [0.2, 0.25) is 0 Å². The van der Waals surface area contributed by atoms with Crippen LogP contribution in [-0.4, -0.2) is 11.7 Å². The fourth-order valence-corrected chi connectivity index (χ4v) is 2.10. The minimum atomic E-state index is -0.588. The van der Waals surface area contributed by atoms with Gasteiger partial charge in [-0.2, -0.15) is 0 Å². The Hall–Kier alpha value is -3.21. The summed E-state index contributed by atoms with van der Waals surface area (Å²) in [5.74, 6) is -0.588. The quantitative estimate of drug-likeness (QED) is 0.322. The molecule has 0 atom stereocenters. The van der Waals surface area contributed by atoms with Crippen LogP contribution in [0.1, 0.15) is 22.8 Å². The van der Waals surface area contributed by atoms with Crippen LogP contribution in [0.15, 0.2) is 75.0 Å². The van der Waals surface area contributed by atoms with Crippen molar-refractivity contribution < 1.29 is 14.0 Å². The summed E-state index contributed by atoms with van der Waals surface area (Å²) in [6.07, 6.45) is 0. The molecule has 0 unspecified atom stereocenters. The Kier molecular flexibility index (Phi) is 4.01. The smallest absolute Gasteiger partial charge is 0.365 e. The van der Waals surface area contributed by atoms with E-state index in [2.05, 4.69) is 5.16 Å². The average Bonchev–Trinajstić information content (AvgIpc) is 2.59. The van der Waals surface area contributed by atoms with Crippen LogP contribution in [0.4, 0.5) is 0 Å². The van der Waals surface area contributed by atoms with Gasteiger partial charge in [0.05, 0.1) is 16.8 Å². The number of benzene rings is 2. The molecule has 0 N–H and O–H groups in total. The molecule has 5 heteroatoms. The van der Waals surface area contributed by atoms with E-state index in [0.717, 1.165) is 5.39 Å². The van der Waals surface area contributed by atoms with Crippen LogP contribution in [0.3, 0.4) is 0 Å². The van der Waals surface area contributed by atoms with Gasteiger partial charge in [-0.25, -0.2) is 9.59 Å². The molecular formula is C18H13NO4. The molecule has 114 valence electrons. The summed E-state index contributed by atoms with van der Waals surface area (Å²) in [5.41, 5.74) is 0.879. The number of hydrogen-bond acceptors (Lipinski definition) is 5. The van der Waals surface area contributed by atoms with E-state index in [1.807, 2.05) is 12.1 Å². The number of nitrogens with zero attached hydrogens (tertiary/aromatic N) is 1. The summed E-state index contributed by atoms with van der Waals surface area (Å²) < 4.78 is 5.23. The van der Waals surface area contributed by atoms with Crippen molar-refractivity contribution in [1.29, 1.82) is 0 Å². The normalized spacial score (nSPS) is 11.4. The monoisotopic (exact) mass is 307 g/mol. The molecule has 1 aromatic heterocycles. The lowest BCUT2D eigenvalue weighted by Crippen LogP contribution is -2.13. The number of oxime groups is 1. The Balaban J connectivity index is 1.88. The maximum atomic E-state index is 12.0. The van der Waals surface area contributed by atoms with E-state index in [1.54, 1.807) is 55.5 Å². The first-order chi connectivity index (χ1) is 11.1. The second kappa shape index (κ2) is 6.27. The highest BCUT2D eigenvalue weighted by atomic mass is 16.7. The third-order valence-electron chi connectivity index (χ3n) is 3.31. The average molecular weight is 307 g/mol. The zero-order valence-corrected chi connectivity index (χ0v) is 12.4. The summed E-state index contributed by atoms with van der Waals surface area (Å²) in [5, 5.41) is 4.51. The van der Waals surface area contributed by atoms with Gasteiger partial charge in [-0.15, -0.1) is 0 Å². The first kappa shape index (κ1) is 14.7. The highest BCUT2D eigenvalue weighted by Gasteiger charge is 2.10. The molecule has 0 aliphatic heterocycles. The summed E-state index contributed by atoms with van der Waals surface area (Å²) in [7, 11) is 0. The fraction of sp³-hybridized carbons (Fsp3) is 0.0556. The Bertz CT molecular complexity index is 942. The van der Waals surface area contributed by atoms with Crippen molar-refractivity contribution in [3.8, 4) is 0 Å². The zero-order chi connectivity index (χ0) is 16.2. The molecule has 3 aromatic rings. The molecule has 2 aromatic carbocycles. The van der Waals surface area contributed by atoms with Crippen molar-refractivity contribution in [3.63, 3.8) is 0 Å². The number of para-hydroxylation sites is 1. The highest BCUT2D eigenvalue weighted by molar-refractivity contribution is 6.00. The number of fused-ring (bicyclic) bond motifs is 1. The Morgan fingerprint density at radius 1 is 1.04 bits per heavy atom. The maximum Gasteiger partial charge on any atom is 0.365 e. The summed E-state index contributed by atoms with van der Waals surface area (Å²) >= 11 is 0. The molecule has 0 bridgehead atoms. The lowest BCUT2D eigenvalue weighted by molar-refractivity contribution is 0.0516. The standard InChI is InChI=1S/C18H13NO4/c1-12(19-23-17(20)13-7-3-2-4-8-13)15-11-14-9-5-6-10-16(14)22-18(15)21/h2-11H,1H3. The third-order valence-corrected chi connectivity index (χ3v) is 3.31. The van der Waals surface area contributed by atoms with E-state index < -0.39 is 11.6 Å². The van der Waals surface area contributed by atoms with Gasteiger partial charge in [-0.1, -0.05) is 41.6 Å². The van der Waals surface area contributed by atoms with Crippen molar-refractivity contribution in [2.45, 2.75) is 6.92 Å². The van der Waals surface area contributed by atoms with Gasteiger partial charge >= 0.3 is 11.6 Å². The Morgan fingerprint density at radius 2 is 1.74 bits per heavy atom. The molecule has 0 amide bonds. The second-order valence-electron chi connectivity index (χ2n) is 4.91. The van der Waals surface area contributed by atoms with E-state index in [0.29, 0.717) is 11.1 Å². The molecule has 0 saturated heterocycles. The number of carbonyl (C=O) groups is 1. The number of carbonyl (C=O) groups excluding carboxylic acids is 1. The van der Waals surface area contributed by atoms with Crippen LogP contribution in [0.25, 0.3) is 11.0 Å². The van der Waals surface area contributed by atoms with Crippen molar-refractivity contribution in [2.24, 2.45) is 5.16 Å². The number of rotatable bonds is 3. The molecule has 0 spiro atoms. The Labute approximate surface area is 131 Å². The molecule has 0 saturated carbocycles. The van der Waals surface area contributed by atoms with E-state index >= 15 is 0 Å². The van der Waals surface area contributed by atoms with Crippen molar-refractivity contribution in [1.82, 2.24) is 0 Å². The minimum Gasteiger partial charge on any atom is -0.422 e.